The summed E-state index contributed by atoms with van der Waals surface area (Å²) in [5.74, 6) is -0.588. The highest BCUT2D eigenvalue weighted by atomic mass is 16.5. The van der Waals surface area contributed by atoms with Crippen molar-refractivity contribution in [3.8, 4) is 0 Å². The van der Waals surface area contributed by atoms with E-state index in [0.717, 1.165) is 0 Å². The molecule has 0 aromatic rings. The Morgan fingerprint density at radius 3 is 3.07 bits per heavy atom. The number of fused-ring (bicyclic) bond motifs is 2. The summed E-state index contributed by atoms with van der Waals surface area (Å²) < 4.78 is 4.69. The maximum atomic E-state index is 11.9. The number of carbonyl (C=O) groups is 2. The van der Waals surface area contributed by atoms with Gasteiger partial charge in [0.2, 0.25) is 0 Å². The average Bonchev–Trinajstić information content (AvgIpc) is 2.17. The SMILES string of the molecule is COC(=O)C12C=CCC(C=CC1)C2=O. The standard InChI is InChI=1S/C11H12O3/c1-14-10(13)11-6-2-4-8(9(11)12)5-3-7-11/h2-4,7-8H,5-6H2,1H3. The van der Waals surface area contributed by atoms with Crippen molar-refractivity contribution >= 4 is 11.8 Å². The highest BCUT2D eigenvalue weighted by Crippen LogP contribution is 2.39. The minimum absolute atomic E-state index is 0.0191. The third kappa shape index (κ3) is 1.05. The fraction of sp³-hybridized carbons (Fsp3) is 0.455. The van der Waals surface area contributed by atoms with Crippen molar-refractivity contribution in [2.75, 3.05) is 7.11 Å². The average molecular weight is 192 g/mol. The van der Waals surface area contributed by atoms with Crippen LogP contribution in [0.3, 0.4) is 0 Å². The zero-order valence-electron chi connectivity index (χ0n) is 8.03. The van der Waals surface area contributed by atoms with Gasteiger partial charge >= 0.3 is 5.97 Å². The number of ketones is 1. The zero-order valence-corrected chi connectivity index (χ0v) is 8.03. The van der Waals surface area contributed by atoms with E-state index in [4.69, 9.17) is 4.74 Å². The second-order valence-electron chi connectivity index (χ2n) is 3.70. The summed E-state index contributed by atoms with van der Waals surface area (Å²) in [6, 6.07) is 0. The topological polar surface area (TPSA) is 43.4 Å². The van der Waals surface area contributed by atoms with Crippen molar-refractivity contribution in [3.63, 3.8) is 0 Å². The van der Waals surface area contributed by atoms with Crippen LogP contribution in [0.15, 0.2) is 24.3 Å². The van der Waals surface area contributed by atoms with Gasteiger partial charge in [-0.3, -0.25) is 9.59 Å². The number of ether oxygens (including phenoxy) is 1. The molecule has 0 N–H and O–H groups in total. The van der Waals surface area contributed by atoms with Crippen LogP contribution in [0.5, 0.6) is 0 Å². The van der Waals surface area contributed by atoms with Gasteiger partial charge in [-0.15, -0.1) is 0 Å². The molecule has 0 amide bonds. The Kier molecular flexibility index (Phi) is 2.02. The Morgan fingerprint density at radius 1 is 1.57 bits per heavy atom. The van der Waals surface area contributed by atoms with Crippen molar-refractivity contribution in [3.05, 3.63) is 24.3 Å². The molecule has 0 aromatic carbocycles. The van der Waals surface area contributed by atoms with Gasteiger partial charge in [-0.1, -0.05) is 24.3 Å². The maximum absolute atomic E-state index is 11.9. The fourth-order valence-corrected chi connectivity index (χ4v) is 2.12. The van der Waals surface area contributed by atoms with E-state index in [-0.39, 0.29) is 11.7 Å². The normalized spacial score (nSPS) is 34.4. The number of Topliss-reactive ketones (excluding diaryl/α,β-unsaturated/α-hetero) is 1. The Labute approximate surface area is 82.4 Å². The molecule has 0 saturated heterocycles. The summed E-state index contributed by atoms with van der Waals surface area (Å²) in [7, 11) is 1.32. The lowest BCUT2D eigenvalue weighted by atomic mass is 9.67. The number of rotatable bonds is 1. The lowest BCUT2D eigenvalue weighted by molar-refractivity contribution is -0.156. The molecule has 2 rings (SSSR count). The van der Waals surface area contributed by atoms with Gasteiger partial charge in [0.1, 0.15) is 5.41 Å². The van der Waals surface area contributed by atoms with Gasteiger partial charge in [0.05, 0.1) is 7.11 Å². The van der Waals surface area contributed by atoms with E-state index < -0.39 is 11.4 Å². The lowest BCUT2D eigenvalue weighted by Crippen LogP contribution is -2.45. The predicted molar refractivity (Wildman–Crippen MR) is 50.5 cm³/mol. The Bertz CT molecular complexity index is 340. The number of allylic oxidation sites excluding steroid dienone is 3. The molecule has 3 heteroatoms. The third-order valence-corrected chi connectivity index (χ3v) is 2.93. The Morgan fingerprint density at radius 2 is 2.36 bits per heavy atom. The summed E-state index contributed by atoms with van der Waals surface area (Å²) in [4.78, 5) is 23.5. The van der Waals surface area contributed by atoms with Crippen LogP contribution in [0.25, 0.3) is 0 Å². The van der Waals surface area contributed by atoms with E-state index in [1.807, 2.05) is 18.2 Å². The van der Waals surface area contributed by atoms with Crippen molar-refractivity contribution < 1.29 is 14.3 Å². The van der Waals surface area contributed by atoms with Crippen LogP contribution < -0.4 is 0 Å². The highest BCUT2D eigenvalue weighted by molar-refractivity contribution is 6.09. The molecule has 0 heterocycles. The van der Waals surface area contributed by atoms with E-state index in [9.17, 15) is 9.59 Å². The first kappa shape index (κ1) is 9.19. The van der Waals surface area contributed by atoms with Crippen LogP contribution in [-0.4, -0.2) is 18.9 Å². The molecule has 14 heavy (non-hydrogen) atoms. The second-order valence-corrected chi connectivity index (χ2v) is 3.70. The Hall–Kier alpha value is -1.38. The molecule has 2 unspecified atom stereocenters. The fourth-order valence-electron chi connectivity index (χ4n) is 2.12. The monoisotopic (exact) mass is 192 g/mol. The van der Waals surface area contributed by atoms with E-state index >= 15 is 0 Å². The van der Waals surface area contributed by atoms with Gasteiger partial charge in [-0.05, 0) is 12.8 Å². The maximum Gasteiger partial charge on any atom is 0.323 e. The zero-order chi connectivity index (χ0) is 10.2. The van der Waals surface area contributed by atoms with E-state index in [1.54, 1.807) is 6.08 Å². The molecular weight excluding hydrogens is 180 g/mol. The largest absolute Gasteiger partial charge is 0.468 e. The Balaban J connectivity index is 2.45. The summed E-state index contributed by atoms with van der Waals surface area (Å²) in [5.41, 5.74) is -1.02. The second kappa shape index (κ2) is 3.08. The summed E-state index contributed by atoms with van der Waals surface area (Å²) in [5, 5.41) is 0. The quantitative estimate of drug-likeness (QED) is 0.357. The molecule has 0 fully saturated rings. The third-order valence-electron chi connectivity index (χ3n) is 2.93. The molecule has 2 aliphatic carbocycles. The van der Waals surface area contributed by atoms with Gasteiger partial charge in [0.15, 0.2) is 5.78 Å². The molecule has 0 spiro atoms. The molecule has 0 aromatic heterocycles. The van der Waals surface area contributed by atoms with Crippen LogP contribution in [-0.2, 0) is 14.3 Å². The number of carbonyl (C=O) groups excluding carboxylic acids is 2. The first-order valence-electron chi connectivity index (χ1n) is 4.68. The minimum atomic E-state index is -1.02. The first-order chi connectivity index (χ1) is 6.70. The molecule has 0 saturated carbocycles. The van der Waals surface area contributed by atoms with Crippen molar-refractivity contribution in [2.45, 2.75) is 12.8 Å². The summed E-state index contributed by atoms with van der Waals surface area (Å²) in [6.45, 7) is 0. The highest BCUT2D eigenvalue weighted by Gasteiger charge is 2.49. The van der Waals surface area contributed by atoms with Crippen molar-refractivity contribution in [2.24, 2.45) is 11.3 Å². The van der Waals surface area contributed by atoms with Crippen LogP contribution in [0, 0.1) is 11.3 Å². The van der Waals surface area contributed by atoms with E-state index in [1.165, 1.54) is 7.11 Å². The molecule has 2 bridgehead atoms. The molecule has 2 atom stereocenters. The first-order valence-corrected chi connectivity index (χ1v) is 4.68. The smallest absolute Gasteiger partial charge is 0.323 e. The van der Waals surface area contributed by atoms with Gasteiger partial charge in [-0.2, -0.15) is 0 Å². The van der Waals surface area contributed by atoms with Crippen LogP contribution in [0.1, 0.15) is 12.8 Å². The molecule has 74 valence electrons. The predicted octanol–water partition coefficient (Wildman–Crippen LogP) is 1.25. The van der Waals surface area contributed by atoms with Gasteiger partial charge in [-0.25, -0.2) is 0 Å². The van der Waals surface area contributed by atoms with Crippen LogP contribution in [0.4, 0.5) is 0 Å². The number of methoxy groups -OCH3 is 1. The lowest BCUT2D eigenvalue weighted by Gasteiger charge is -2.34. The van der Waals surface area contributed by atoms with Gasteiger partial charge in [0.25, 0.3) is 0 Å². The van der Waals surface area contributed by atoms with Crippen LogP contribution >= 0.6 is 0 Å². The van der Waals surface area contributed by atoms with Crippen molar-refractivity contribution in [1.29, 1.82) is 0 Å². The molecule has 0 aliphatic heterocycles. The molecule has 0 radical (unpaired) electrons. The molecule has 3 nitrogen and oxygen atoms in total. The number of hydrogen-bond donors (Lipinski definition) is 0. The van der Waals surface area contributed by atoms with Gasteiger partial charge < -0.3 is 4.74 Å². The summed E-state index contributed by atoms with van der Waals surface area (Å²) >= 11 is 0. The van der Waals surface area contributed by atoms with Crippen molar-refractivity contribution in [1.82, 2.24) is 0 Å². The number of hydrogen-bond acceptors (Lipinski definition) is 3. The van der Waals surface area contributed by atoms with E-state index in [0.29, 0.717) is 12.8 Å². The molecular formula is C11H12O3. The van der Waals surface area contributed by atoms with Gasteiger partial charge in [0, 0.05) is 5.92 Å². The molecule has 2 aliphatic rings. The minimum Gasteiger partial charge on any atom is -0.468 e. The summed E-state index contributed by atoms with van der Waals surface area (Å²) in [6.07, 6.45) is 8.51. The van der Waals surface area contributed by atoms with E-state index in [2.05, 4.69) is 0 Å². The van der Waals surface area contributed by atoms with Crippen LogP contribution in [0.2, 0.25) is 0 Å². The number of esters is 1.